The Morgan fingerprint density at radius 3 is 2.76 bits per heavy atom. The van der Waals surface area contributed by atoms with Crippen LogP contribution < -0.4 is 4.74 Å². The van der Waals surface area contributed by atoms with Gasteiger partial charge in [-0.3, -0.25) is 4.79 Å². The van der Waals surface area contributed by atoms with E-state index >= 15 is 0 Å². The first-order chi connectivity index (χ1) is 8.17. The van der Waals surface area contributed by atoms with Crippen molar-refractivity contribution in [3.05, 3.63) is 41.7 Å². The van der Waals surface area contributed by atoms with Gasteiger partial charge >= 0.3 is 0 Å². The number of carbonyl (C=O) groups excluding carboxylic acids is 1. The standard InChI is InChI=1S/C12H11FN2O2/c1-8-5-15(7-14-8)10-4-3-9(6-16)12(17-2)11(10)13/h3-7H,1-2H3. The number of rotatable bonds is 3. The second-order valence-corrected chi connectivity index (χ2v) is 3.56. The first-order valence-corrected chi connectivity index (χ1v) is 5.00. The van der Waals surface area contributed by atoms with Gasteiger partial charge in [0.05, 0.1) is 30.4 Å². The number of hydrogen-bond acceptors (Lipinski definition) is 3. The maximum atomic E-state index is 14.1. The van der Waals surface area contributed by atoms with Gasteiger partial charge in [0, 0.05) is 6.20 Å². The number of aromatic nitrogens is 2. The van der Waals surface area contributed by atoms with E-state index in [4.69, 9.17) is 4.74 Å². The van der Waals surface area contributed by atoms with Crippen LogP contribution in [0, 0.1) is 12.7 Å². The Hall–Kier alpha value is -2.17. The van der Waals surface area contributed by atoms with Crippen LogP contribution in [0.1, 0.15) is 16.1 Å². The van der Waals surface area contributed by atoms with Crippen molar-refractivity contribution < 1.29 is 13.9 Å². The van der Waals surface area contributed by atoms with Crippen LogP contribution in [0.25, 0.3) is 5.69 Å². The third-order valence-corrected chi connectivity index (χ3v) is 2.43. The molecule has 0 bridgehead atoms. The summed E-state index contributed by atoms with van der Waals surface area (Å²) >= 11 is 0. The first kappa shape index (κ1) is 11.3. The number of ether oxygens (including phenoxy) is 1. The van der Waals surface area contributed by atoms with Crippen molar-refractivity contribution in [1.29, 1.82) is 0 Å². The van der Waals surface area contributed by atoms with Gasteiger partial charge in [0.25, 0.3) is 0 Å². The third-order valence-electron chi connectivity index (χ3n) is 2.43. The van der Waals surface area contributed by atoms with E-state index in [1.807, 2.05) is 6.92 Å². The molecule has 1 aromatic carbocycles. The molecule has 0 unspecified atom stereocenters. The molecule has 17 heavy (non-hydrogen) atoms. The predicted molar refractivity (Wildman–Crippen MR) is 60.2 cm³/mol. The van der Waals surface area contributed by atoms with Crippen molar-refractivity contribution in [2.75, 3.05) is 7.11 Å². The molecule has 0 aliphatic carbocycles. The molecule has 4 nitrogen and oxygen atoms in total. The average Bonchev–Trinajstić information content (AvgIpc) is 2.75. The maximum absolute atomic E-state index is 14.1. The minimum absolute atomic E-state index is 0.0520. The summed E-state index contributed by atoms with van der Waals surface area (Å²) in [5, 5.41) is 0. The molecule has 0 saturated heterocycles. The lowest BCUT2D eigenvalue weighted by molar-refractivity contribution is 0.112. The summed E-state index contributed by atoms with van der Waals surface area (Å²) < 4.78 is 20.5. The van der Waals surface area contributed by atoms with Gasteiger partial charge in [-0.2, -0.15) is 0 Å². The highest BCUT2D eigenvalue weighted by Gasteiger charge is 2.14. The fraction of sp³-hybridized carbons (Fsp3) is 0.167. The first-order valence-electron chi connectivity index (χ1n) is 5.00. The fourth-order valence-electron chi connectivity index (χ4n) is 1.61. The van der Waals surface area contributed by atoms with Gasteiger partial charge in [0.2, 0.25) is 0 Å². The number of halogens is 1. The molecule has 1 heterocycles. The van der Waals surface area contributed by atoms with Gasteiger partial charge in [-0.15, -0.1) is 0 Å². The van der Waals surface area contributed by atoms with Crippen LogP contribution >= 0.6 is 0 Å². The molecule has 88 valence electrons. The summed E-state index contributed by atoms with van der Waals surface area (Å²) in [6.45, 7) is 1.81. The molecule has 0 amide bonds. The molecular formula is C12H11FN2O2. The van der Waals surface area contributed by atoms with E-state index in [0.717, 1.165) is 5.69 Å². The smallest absolute Gasteiger partial charge is 0.189 e. The van der Waals surface area contributed by atoms with Crippen LogP contribution in [0.15, 0.2) is 24.7 Å². The van der Waals surface area contributed by atoms with E-state index < -0.39 is 5.82 Å². The molecule has 2 rings (SSSR count). The van der Waals surface area contributed by atoms with Crippen LogP contribution in [0.2, 0.25) is 0 Å². The van der Waals surface area contributed by atoms with Crippen molar-refractivity contribution in [3.63, 3.8) is 0 Å². The van der Waals surface area contributed by atoms with Gasteiger partial charge in [0.15, 0.2) is 17.9 Å². The summed E-state index contributed by atoms with van der Waals surface area (Å²) in [7, 11) is 1.33. The topological polar surface area (TPSA) is 44.1 Å². The van der Waals surface area contributed by atoms with E-state index in [1.165, 1.54) is 25.6 Å². The normalized spacial score (nSPS) is 10.3. The highest BCUT2D eigenvalue weighted by molar-refractivity contribution is 5.80. The SMILES string of the molecule is COc1c(C=O)ccc(-n2cnc(C)c2)c1F. The number of aldehydes is 1. The van der Waals surface area contributed by atoms with Crippen molar-refractivity contribution >= 4 is 6.29 Å². The Labute approximate surface area is 97.7 Å². The zero-order chi connectivity index (χ0) is 12.4. The quantitative estimate of drug-likeness (QED) is 0.764. The van der Waals surface area contributed by atoms with Crippen molar-refractivity contribution in [1.82, 2.24) is 9.55 Å². The van der Waals surface area contributed by atoms with E-state index in [9.17, 15) is 9.18 Å². The molecule has 1 aromatic heterocycles. The average molecular weight is 234 g/mol. The Morgan fingerprint density at radius 2 is 2.24 bits per heavy atom. The van der Waals surface area contributed by atoms with Gasteiger partial charge < -0.3 is 9.30 Å². The van der Waals surface area contributed by atoms with Crippen LogP contribution in [0.3, 0.4) is 0 Å². The highest BCUT2D eigenvalue weighted by Crippen LogP contribution is 2.26. The molecule has 0 atom stereocenters. The summed E-state index contributed by atoms with van der Waals surface area (Å²) in [6, 6.07) is 3.03. The minimum Gasteiger partial charge on any atom is -0.493 e. The number of carbonyl (C=O) groups is 1. The van der Waals surface area contributed by atoms with Crippen molar-refractivity contribution in [2.45, 2.75) is 6.92 Å². The lowest BCUT2D eigenvalue weighted by Gasteiger charge is -2.09. The summed E-state index contributed by atoms with van der Waals surface area (Å²) in [5.41, 5.74) is 1.27. The minimum atomic E-state index is -0.575. The molecule has 2 aromatic rings. The second-order valence-electron chi connectivity index (χ2n) is 3.56. The number of imidazole rings is 1. The number of methoxy groups -OCH3 is 1. The van der Waals surface area contributed by atoms with E-state index in [2.05, 4.69) is 4.98 Å². The Kier molecular flexibility index (Phi) is 2.91. The molecular weight excluding hydrogens is 223 g/mol. The fourth-order valence-corrected chi connectivity index (χ4v) is 1.61. The van der Waals surface area contributed by atoms with Crippen molar-refractivity contribution in [2.24, 2.45) is 0 Å². The zero-order valence-corrected chi connectivity index (χ0v) is 9.48. The van der Waals surface area contributed by atoms with Crippen LogP contribution in [-0.4, -0.2) is 22.9 Å². The number of aryl methyl sites for hydroxylation is 1. The zero-order valence-electron chi connectivity index (χ0n) is 9.48. The summed E-state index contributed by atoms with van der Waals surface area (Å²) in [4.78, 5) is 14.7. The summed E-state index contributed by atoms with van der Waals surface area (Å²) in [6.07, 6.45) is 3.76. The monoisotopic (exact) mass is 234 g/mol. The Balaban J connectivity index is 2.60. The van der Waals surface area contributed by atoms with E-state index in [-0.39, 0.29) is 11.3 Å². The molecule has 0 aliphatic rings. The number of benzene rings is 1. The number of hydrogen-bond donors (Lipinski definition) is 0. The van der Waals surface area contributed by atoms with Crippen LogP contribution in [-0.2, 0) is 0 Å². The van der Waals surface area contributed by atoms with Crippen LogP contribution in [0.5, 0.6) is 5.75 Å². The highest BCUT2D eigenvalue weighted by atomic mass is 19.1. The van der Waals surface area contributed by atoms with Gasteiger partial charge in [0.1, 0.15) is 0 Å². The van der Waals surface area contributed by atoms with Gasteiger partial charge in [-0.25, -0.2) is 9.37 Å². The molecule has 0 saturated carbocycles. The van der Waals surface area contributed by atoms with Gasteiger partial charge in [-0.05, 0) is 19.1 Å². The lowest BCUT2D eigenvalue weighted by atomic mass is 10.2. The molecule has 0 radical (unpaired) electrons. The Bertz CT molecular complexity index is 564. The molecule has 0 spiro atoms. The van der Waals surface area contributed by atoms with E-state index in [0.29, 0.717) is 12.0 Å². The van der Waals surface area contributed by atoms with E-state index in [1.54, 1.807) is 10.8 Å². The molecule has 0 N–H and O–H groups in total. The predicted octanol–water partition coefficient (Wildman–Crippen LogP) is 2.14. The molecule has 0 fully saturated rings. The second kappa shape index (κ2) is 4.37. The van der Waals surface area contributed by atoms with Crippen molar-refractivity contribution in [3.8, 4) is 11.4 Å². The largest absolute Gasteiger partial charge is 0.493 e. The molecule has 0 aliphatic heterocycles. The maximum Gasteiger partial charge on any atom is 0.189 e. The number of nitrogens with zero attached hydrogens (tertiary/aromatic N) is 2. The van der Waals surface area contributed by atoms with Crippen LogP contribution in [0.4, 0.5) is 4.39 Å². The molecule has 5 heteroatoms. The summed E-state index contributed by atoms with van der Waals surface area (Å²) in [5.74, 6) is -0.627. The lowest BCUT2D eigenvalue weighted by Crippen LogP contribution is -2.01. The van der Waals surface area contributed by atoms with Gasteiger partial charge in [-0.1, -0.05) is 0 Å². The third kappa shape index (κ3) is 1.91. The Morgan fingerprint density at radius 1 is 1.47 bits per heavy atom.